The smallest absolute Gasteiger partial charge is 0.254 e. The van der Waals surface area contributed by atoms with Crippen LogP contribution in [0.1, 0.15) is 73.8 Å². The van der Waals surface area contributed by atoms with E-state index in [0.29, 0.717) is 12.0 Å². The molecule has 4 rings (SSSR count). The van der Waals surface area contributed by atoms with E-state index >= 15 is 0 Å². The summed E-state index contributed by atoms with van der Waals surface area (Å²) >= 11 is 0. The van der Waals surface area contributed by atoms with E-state index in [2.05, 4.69) is 27.5 Å². The summed E-state index contributed by atoms with van der Waals surface area (Å²) in [6.45, 7) is 3.65. The highest BCUT2D eigenvalue weighted by Gasteiger charge is 2.26. The van der Waals surface area contributed by atoms with Gasteiger partial charge < -0.3 is 10.2 Å². The third-order valence-electron chi connectivity index (χ3n) is 6.92. The Balaban J connectivity index is 1.28. The fourth-order valence-electron chi connectivity index (χ4n) is 5.24. The minimum atomic E-state index is 0.0813. The Hall–Kier alpha value is -1.62. The van der Waals surface area contributed by atoms with E-state index < -0.39 is 0 Å². The fourth-order valence-corrected chi connectivity index (χ4v) is 5.24. The van der Waals surface area contributed by atoms with E-state index in [9.17, 15) is 4.79 Å². The third kappa shape index (κ3) is 5.05. The van der Waals surface area contributed by atoms with E-state index in [1.807, 2.05) is 17.9 Å². The highest BCUT2D eigenvalue weighted by molar-refractivity contribution is 5.95. The zero-order valence-electron chi connectivity index (χ0n) is 17.4. The van der Waals surface area contributed by atoms with Gasteiger partial charge in [-0.3, -0.25) is 9.48 Å². The molecule has 154 valence electrons. The van der Waals surface area contributed by atoms with Crippen molar-refractivity contribution in [1.82, 2.24) is 20.0 Å². The second-order valence-electron chi connectivity index (χ2n) is 9.22. The van der Waals surface area contributed by atoms with Crippen LogP contribution in [0.15, 0.2) is 18.3 Å². The first-order valence-electron chi connectivity index (χ1n) is 11.4. The van der Waals surface area contributed by atoms with Crippen LogP contribution < -0.4 is 5.32 Å². The number of allylic oxidation sites excluding steroid dienone is 2. The van der Waals surface area contributed by atoms with Gasteiger partial charge in [-0.25, -0.2) is 0 Å². The van der Waals surface area contributed by atoms with Gasteiger partial charge in [0, 0.05) is 25.8 Å². The summed E-state index contributed by atoms with van der Waals surface area (Å²) in [4.78, 5) is 15.4. The molecule has 2 aliphatic carbocycles. The van der Waals surface area contributed by atoms with Crippen LogP contribution in [0, 0.1) is 11.8 Å². The number of nitrogens with one attached hydrogen (secondary N) is 1. The Morgan fingerprint density at radius 3 is 2.61 bits per heavy atom. The lowest BCUT2D eigenvalue weighted by molar-refractivity contribution is 0.0936. The number of likely N-dealkylation sites (tertiary alicyclic amines) is 1. The molecule has 5 heteroatoms. The number of piperidine rings is 1. The molecule has 1 atom stereocenters. The average molecular weight is 385 g/mol. The van der Waals surface area contributed by atoms with Gasteiger partial charge in [0.15, 0.2) is 0 Å². The van der Waals surface area contributed by atoms with Crippen LogP contribution in [-0.2, 0) is 13.5 Å². The molecule has 1 N–H and O–H groups in total. The predicted octanol–water partition coefficient (Wildman–Crippen LogP) is 3.70. The molecule has 28 heavy (non-hydrogen) atoms. The second-order valence-corrected chi connectivity index (χ2v) is 9.22. The van der Waals surface area contributed by atoms with Gasteiger partial charge >= 0.3 is 0 Å². The molecule has 0 aromatic carbocycles. The summed E-state index contributed by atoms with van der Waals surface area (Å²) in [5, 5.41) is 7.88. The standard InChI is InChI=1S/C23H36N4O/c1-26-17-21(23(28)24-20-9-5-6-10-20)22(25-26)15-18-11-13-27(14-12-18)16-19-7-3-2-4-8-19/h2-3,17-20H,4-16H2,1H3,(H,24,28)/t19-/m1/s1. The van der Waals surface area contributed by atoms with Crippen molar-refractivity contribution in [3.63, 3.8) is 0 Å². The molecule has 0 unspecified atom stereocenters. The van der Waals surface area contributed by atoms with Crippen molar-refractivity contribution in [3.8, 4) is 0 Å². The highest BCUT2D eigenvalue weighted by atomic mass is 16.1. The van der Waals surface area contributed by atoms with Crippen molar-refractivity contribution < 1.29 is 4.79 Å². The number of rotatable bonds is 6. The van der Waals surface area contributed by atoms with E-state index in [1.165, 1.54) is 64.6 Å². The van der Waals surface area contributed by atoms with Gasteiger partial charge in [0.25, 0.3) is 5.91 Å². The number of hydrogen-bond acceptors (Lipinski definition) is 3. The van der Waals surface area contributed by atoms with Gasteiger partial charge in [-0.1, -0.05) is 25.0 Å². The number of carbonyl (C=O) groups excluding carboxylic acids is 1. The Morgan fingerprint density at radius 2 is 1.89 bits per heavy atom. The molecule has 5 nitrogen and oxygen atoms in total. The molecule has 1 amide bonds. The summed E-state index contributed by atoms with van der Waals surface area (Å²) in [6.07, 6.45) is 18.6. The fraction of sp³-hybridized carbons (Fsp3) is 0.739. The van der Waals surface area contributed by atoms with E-state index in [1.54, 1.807) is 0 Å². The lowest BCUT2D eigenvalue weighted by Crippen LogP contribution is -2.38. The lowest BCUT2D eigenvalue weighted by Gasteiger charge is -2.34. The van der Waals surface area contributed by atoms with Crippen LogP contribution in [0.3, 0.4) is 0 Å². The van der Waals surface area contributed by atoms with Gasteiger partial charge in [-0.05, 0) is 76.3 Å². The van der Waals surface area contributed by atoms with Crippen molar-refractivity contribution in [2.24, 2.45) is 18.9 Å². The molecule has 1 aliphatic heterocycles. The molecule has 1 saturated carbocycles. The third-order valence-corrected chi connectivity index (χ3v) is 6.92. The van der Waals surface area contributed by atoms with E-state index in [0.717, 1.165) is 36.4 Å². The number of nitrogens with zero attached hydrogens (tertiary/aromatic N) is 3. The summed E-state index contributed by atoms with van der Waals surface area (Å²) in [5.41, 5.74) is 1.79. The molecule has 2 fully saturated rings. The minimum absolute atomic E-state index is 0.0813. The number of amides is 1. The van der Waals surface area contributed by atoms with Crippen LogP contribution in [0.4, 0.5) is 0 Å². The number of carbonyl (C=O) groups is 1. The van der Waals surface area contributed by atoms with Gasteiger partial charge in [-0.2, -0.15) is 5.10 Å². The molecular weight excluding hydrogens is 348 g/mol. The van der Waals surface area contributed by atoms with Crippen molar-refractivity contribution in [2.75, 3.05) is 19.6 Å². The van der Waals surface area contributed by atoms with E-state index in [4.69, 9.17) is 0 Å². The molecule has 1 aromatic heterocycles. The minimum Gasteiger partial charge on any atom is -0.349 e. The van der Waals surface area contributed by atoms with Crippen molar-refractivity contribution in [2.45, 2.75) is 70.3 Å². The zero-order chi connectivity index (χ0) is 19.3. The molecule has 3 aliphatic rings. The highest BCUT2D eigenvalue weighted by Crippen LogP contribution is 2.26. The van der Waals surface area contributed by atoms with Crippen LogP contribution in [-0.4, -0.2) is 46.3 Å². The van der Waals surface area contributed by atoms with Gasteiger partial charge in [-0.15, -0.1) is 0 Å². The normalized spacial score (nSPS) is 24.7. The monoisotopic (exact) mass is 384 g/mol. The van der Waals surface area contributed by atoms with Crippen molar-refractivity contribution in [1.29, 1.82) is 0 Å². The van der Waals surface area contributed by atoms with Crippen LogP contribution >= 0.6 is 0 Å². The summed E-state index contributed by atoms with van der Waals surface area (Å²) in [7, 11) is 1.93. The molecule has 0 radical (unpaired) electrons. The number of aromatic nitrogens is 2. The summed E-state index contributed by atoms with van der Waals surface area (Å²) in [5.74, 6) is 1.58. The Labute approximate surface area is 169 Å². The topological polar surface area (TPSA) is 50.2 Å². The van der Waals surface area contributed by atoms with Crippen LogP contribution in [0.2, 0.25) is 0 Å². The Bertz CT molecular complexity index is 681. The first-order chi connectivity index (χ1) is 13.7. The molecule has 0 spiro atoms. The van der Waals surface area contributed by atoms with Gasteiger partial charge in [0.2, 0.25) is 0 Å². The van der Waals surface area contributed by atoms with Gasteiger partial charge in [0.05, 0.1) is 11.3 Å². The average Bonchev–Trinajstić information content (AvgIpc) is 3.34. The lowest BCUT2D eigenvalue weighted by atomic mass is 9.89. The summed E-state index contributed by atoms with van der Waals surface area (Å²) < 4.78 is 1.81. The Morgan fingerprint density at radius 1 is 1.11 bits per heavy atom. The van der Waals surface area contributed by atoms with E-state index in [-0.39, 0.29) is 5.91 Å². The zero-order valence-corrected chi connectivity index (χ0v) is 17.4. The maximum Gasteiger partial charge on any atom is 0.254 e. The first-order valence-corrected chi connectivity index (χ1v) is 11.4. The molecule has 0 bridgehead atoms. The van der Waals surface area contributed by atoms with Gasteiger partial charge in [0.1, 0.15) is 0 Å². The largest absolute Gasteiger partial charge is 0.349 e. The maximum atomic E-state index is 12.8. The molecule has 1 aromatic rings. The quantitative estimate of drug-likeness (QED) is 0.761. The number of hydrogen-bond donors (Lipinski definition) is 1. The van der Waals surface area contributed by atoms with Crippen molar-refractivity contribution in [3.05, 3.63) is 29.6 Å². The maximum absolute atomic E-state index is 12.8. The first kappa shape index (κ1) is 19.7. The van der Waals surface area contributed by atoms with Crippen LogP contribution in [0.5, 0.6) is 0 Å². The predicted molar refractivity (Wildman–Crippen MR) is 112 cm³/mol. The van der Waals surface area contributed by atoms with Crippen molar-refractivity contribution >= 4 is 5.91 Å². The second kappa shape index (κ2) is 9.25. The SMILES string of the molecule is Cn1cc(C(=O)NC2CCCC2)c(CC2CCN(C[C@@H]3CC=CCC3)CC2)n1. The van der Waals surface area contributed by atoms with Crippen LogP contribution in [0.25, 0.3) is 0 Å². The molecular formula is C23H36N4O. The summed E-state index contributed by atoms with van der Waals surface area (Å²) in [6, 6.07) is 0.360. The molecule has 2 heterocycles. The Kier molecular flexibility index (Phi) is 6.50. The number of aryl methyl sites for hydroxylation is 1. The molecule has 1 saturated heterocycles.